The van der Waals surface area contributed by atoms with Crippen LogP contribution < -0.4 is 0 Å². The molecule has 3 saturated heterocycles. The van der Waals surface area contributed by atoms with Gasteiger partial charge in [0.15, 0.2) is 5.72 Å². The van der Waals surface area contributed by atoms with Gasteiger partial charge in [0.25, 0.3) is 0 Å². The average Bonchev–Trinajstić information content (AvgIpc) is 3.19. The Morgan fingerprint density at radius 1 is 1.35 bits per heavy atom. The quantitative estimate of drug-likeness (QED) is 0.801. The number of rotatable bonds is 3. The van der Waals surface area contributed by atoms with Crippen LogP contribution in [0.5, 0.6) is 0 Å². The molecule has 0 N–H and O–H groups in total. The fourth-order valence-corrected chi connectivity index (χ4v) is 6.36. The maximum absolute atomic E-state index is 14.3. The van der Waals surface area contributed by atoms with Gasteiger partial charge in [0.1, 0.15) is 10.7 Å². The lowest BCUT2D eigenvalue weighted by molar-refractivity contribution is -0.139. The van der Waals surface area contributed by atoms with Gasteiger partial charge >= 0.3 is 0 Å². The minimum absolute atomic E-state index is 0.0501. The first kappa shape index (κ1) is 17.9. The van der Waals surface area contributed by atoms with Crippen LogP contribution in [-0.4, -0.2) is 54.5 Å². The molecule has 0 aliphatic carbocycles. The number of halogens is 1. The highest BCUT2D eigenvalue weighted by Crippen LogP contribution is 2.50. The Kier molecular flexibility index (Phi) is 3.95. The number of carbonyl (C=O) groups is 1. The van der Waals surface area contributed by atoms with Crippen molar-refractivity contribution >= 4 is 15.9 Å². The summed E-state index contributed by atoms with van der Waals surface area (Å²) >= 11 is 0. The number of aryl methyl sites for hydroxylation is 1. The topological polar surface area (TPSA) is 66.9 Å². The number of hydrogen-bond donors (Lipinski definition) is 0. The van der Waals surface area contributed by atoms with E-state index in [4.69, 9.17) is 4.74 Å². The molecule has 0 unspecified atom stereocenters. The smallest absolute Gasteiger partial charge is 0.246 e. The van der Waals surface area contributed by atoms with Gasteiger partial charge in [-0.15, -0.1) is 0 Å². The van der Waals surface area contributed by atoms with Gasteiger partial charge in [-0.25, -0.2) is 12.8 Å². The van der Waals surface area contributed by atoms with E-state index in [1.807, 2.05) is 13.8 Å². The van der Waals surface area contributed by atoms with E-state index in [-0.39, 0.29) is 35.7 Å². The van der Waals surface area contributed by atoms with E-state index in [9.17, 15) is 17.6 Å². The van der Waals surface area contributed by atoms with Gasteiger partial charge in [-0.3, -0.25) is 4.79 Å². The molecule has 3 fully saturated rings. The van der Waals surface area contributed by atoms with Gasteiger partial charge in [0, 0.05) is 19.4 Å². The van der Waals surface area contributed by atoms with Crippen LogP contribution in [0.15, 0.2) is 23.1 Å². The Hall–Kier alpha value is -1.51. The average molecular weight is 382 g/mol. The third kappa shape index (κ3) is 2.28. The highest BCUT2D eigenvalue weighted by molar-refractivity contribution is 7.89. The highest BCUT2D eigenvalue weighted by atomic mass is 32.2. The van der Waals surface area contributed by atoms with Crippen LogP contribution in [0, 0.1) is 18.7 Å². The second-order valence-corrected chi connectivity index (χ2v) is 9.61. The van der Waals surface area contributed by atoms with Crippen LogP contribution in [0.2, 0.25) is 0 Å². The van der Waals surface area contributed by atoms with Crippen LogP contribution in [0.3, 0.4) is 0 Å². The number of benzene rings is 1. The molecule has 1 spiro atoms. The van der Waals surface area contributed by atoms with Crippen LogP contribution >= 0.6 is 0 Å². The zero-order valence-corrected chi connectivity index (χ0v) is 15.9. The van der Waals surface area contributed by atoms with Crippen molar-refractivity contribution in [2.24, 2.45) is 5.92 Å². The molecule has 3 aliphatic rings. The third-order valence-corrected chi connectivity index (χ3v) is 7.80. The Morgan fingerprint density at radius 3 is 2.77 bits per heavy atom. The number of carbonyl (C=O) groups excluding carboxylic acids is 1. The lowest BCUT2D eigenvalue weighted by atomic mass is 10.0. The summed E-state index contributed by atoms with van der Waals surface area (Å²) < 4.78 is 47.9. The lowest BCUT2D eigenvalue weighted by Gasteiger charge is -2.34. The molecule has 1 aromatic carbocycles. The normalized spacial score (nSPS) is 31.7. The van der Waals surface area contributed by atoms with Crippen molar-refractivity contribution in [1.82, 2.24) is 9.21 Å². The molecule has 3 heterocycles. The minimum atomic E-state index is -4.05. The molecule has 0 bridgehead atoms. The second-order valence-electron chi connectivity index (χ2n) is 7.75. The summed E-state index contributed by atoms with van der Waals surface area (Å²) in [5.41, 5.74) is -0.237. The number of hydrogen-bond acceptors (Lipinski definition) is 4. The standard InChI is InChI=1S/C18H23FN2O4S/c1-11(2)14-10-25-18-6-7-20(16(18)9-17(22)21(14)18)26(23,24)15-8-12(3)4-5-13(15)19/h4-5,8,11,14,16H,6-7,9-10H2,1-3H3/t14-,16+,18-/m0/s1. The minimum Gasteiger partial charge on any atom is -0.352 e. The molecule has 0 aromatic heterocycles. The molecular formula is C18H23FN2O4S. The van der Waals surface area contributed by atoms with Gasteiger partial charge in [-0.05, 0) is 30.5 Å². The van der Waals surface area contributed by atoms with E-state index in [0.29, 0.717) is 18.6 Å². The van der Waals surface area contributed by atoms with Gasteiger partial charge < -0.3 is 9.64 Å². The first-order valence-electron chi connectivity index (χ1n) is 8.92. The molecule has 4 rings (SSSR count). The number of sulfonamides is 1. The summed E-state index contributed by atoms with van der Waals surface area (Å²) in [7, 11) is -4.05. The van der Waals surface area contributed by atoms with Crippen LogP contribution in [-0.2, 0) is 19.6 Å². The van der Waals surface area contributed by atoms with Crippen molar-refractivity contribution in [3.8, 4) is 0 Å². The first-order valence-corrected chi connectivity index (χ1v) is 10.4. The summed E-state index contributed by atoms with van der Waals surface area (Å²) in [5, 5.41) is 0. The fourth-order valence-electron chi connectivity index (χ4n) is 4.56. The van der Waals surface area contributed by atoms with E-state index in [2.05, 4.69) is 0 Å². The van der Waals surface area contributed by atoms with Gasteiger partial charge in [0.05, 0.1) is 18.7 Å². The Labute approximate surface area is 153 Å². The molecule has 3 aliphatic heterocycles. The van der Waals surface area contributed by atoms with Crippen molar-refractivity contribution < 1.29 is 22.3 Å². The maximum Gasteiger partial charge on any atom is 0.246 e. The fraction of sp³-hybridized carbons (Fsp3) is 0.611. The summed E-state index contributed by atoms with van der Waals surface area (Å²) in [6, 6.07) is 3.39. The second kappa shape index (κ2) is 5.74. The molecule has 3 atom stereocenters. The van der Waals surface area contributed by atoms with E-state index < -0.39 is 27.6 Å². The molecule has 1 amide bonds. The summed E-state index contributed by atoms with van der Waals surface area (Å²) in [6.45, 7) is 6.40. The monoisotopic (exact) mass is 382 g/mol. The van der Waals surface area contributed by atoms with Gasteiger partial charge in [-0.2, -0.15) is 4.31 Å². The zero-order chi connectivity index (χ0) is 18.9. The Morgan fingerprint density at radius 2 is 2.08 bits per heavy atom. The van der Waals surface area contributed by atoms with E-state index in [1.54, 1.807) is 11.8 Å². The SMILES string of the molecule is Cc1ccc(F)c(S(=O)(=O)N2CC[C@@]34OC[C@@H](C(C)C)N3C(=O)C[C@@H]24)c1. The van der Waals surface area contributed by atoms with Crippen molar-refractivity contribution in [2.45, 2.75) is 56.3 Å². The molecule has 1 aromatic rings. The van der Waals surface area contributed by atoms with Gasteiger partial charge in [-0.1, -0.05) is 19.9 Å². The molecule has 142 valence electrons. The predicted octanol–water partition coefficient (Wildman–Crippen LogP) is 1.88. The number of amides is 1. The summed E-state index contributed by atoms with van der Waals surface area (Å²) in [4.78, 5) is 14.1. The Balaban J connectivity index is 1.74. The maximum atomic E-state index is 14.3. The molecule has 8 heteroatoms. The third-order valence-electron chi connectivity index (χ3n) is 5.88. The van der Waals surface area contributed by atoms with Crippen molar-refractivity contribution in [1.29, 1.82) is 0 Å². The molecule has 0 radical (unpaired) electrons. The van der Waals surface area contributed by atoms with Crippen LogP contribution in [0.4, 0.5) is 4.39 Å². The summed E-state index contributed by atoms with van der Waals surface area (Å²) in [5.74, 6) is -0.641. The first-order chi connectivity index (χ1) is 12.2. The van der Waals surface area contributed by atoms with Crippen molar-refractivity contribution in [3.63, 3.8) is 0 Å². The largest absolute Gasteiger partial charge is 0.352 e. The zero-order valence-electron chi connectivity index (χ0n) is 15.1. The van der Waals surface area contributed by atoms with E-state index >= 15 is 0 Å². The van der Waals surface area contributed by atoms with E-state index in [1.165, 1.54) is 22.5 Å². The highest BCUT2D eigenvalue weighted by Gasteiger charge is 2.66. The summed E-state index contributed by atoms with van der Waals surface area (Å²) in [6.07, 6.45) is 0.495. The molecule has 26 heavy (non-hydrogen) atoms. The molecular weight excluding hydrogens is 359 g/mol. The number of ether oxygens (including phenoxy) is 1. The molecule has 6 nitrogen and oxygen atoms in total. The Bertz CT molecular complexity index is 872. The van der Waals surface area contributed by atoms with Crippen molar-refractivity contribution in [3.05, 3.63) is 29.6 Å². The number of nitrogens with zero attached hydrogens (tertiary/aromatic N) is 2. The van der Waals surface area contributed by atoms with Crippen molar-refractivity contribution in [2.75, 3.05) is 13.2 Å². The van der Waals surface area contributed by atoms with Gasteiger partial charge in [0.2, 0.25) is 15.9 Å². The lowest BCUT2D eigenvalue weighted by Crippen LogP contribution is -2.51. The van der Waals surface area contributed by atoms with Crippen LogP contribution in [0.25, 0.3) is 0 Å². The molecule has 0 saturated carbocycles. The van der Waals surface area contributed by atoms with E-state index in [0.717, 1.165) is 0 Å². The van der Waals surface area contributed by atoms with Crippen LogP contribution in [0.1, 0.15) is 32.3 Å². The predicted molar refractivity (Wildman–Crippen MR) is 92.2 cm³/mol.